The largest absolute Gasteiger partial charge is 0.462 e. The van der Waals surface area contributed by atoms with Gasteiger partial charge in [-0.25, -0.2) is 4.79 Å². The molecule has 3 rings (SSSR count). The standard InChI is InChI=1S/C21H23N3O6S/c1-3-30-21(27)16-12(2)17(19(26)22-14-6-4-5-7-14)31-20(16)23-18(25)13-8-10-15(11-9-13)24(28)29/h8-11,14H,3-7H2,1-2H3,(H,22,26)(H,23,25). The van der Waals surface area contributed by atoms with Crippen molar-refractivity contribution < 1.29 is 24.0 Å². The number of carbonyl (C=O) groups is 3. The van der Waals surface area contributed by atoms with Crippen LogP contribution in [-0.2, 0) is 4.74 Å². The lowest BCUT2D eigenvalue weighted by molar-refractivity contribution is -0.384. The van der Waals surface area contributed by atoms with Gasteiger partial charge in [0.15, 0.2) is 0 Å². The number of nitro benzene ring substituents is 1. The van der Waals surface area contributed by atoms with E-state index in [1.54, 1.807) is 13.8 Å². The molecule has 1 saturated carbocycles. The van der Waals surface area contributed by atoms with Crippen LogP contribution in [0, 0.1) is 17.0 Å². The van der Waals surface area contributed by atoms with Crippen LogP contribution in [0.25, 0.3) is 0 Å². The zero-order valence-corrected chi connectivity index (χ0v) is 18.0. The van der Waals surface area contributed by atoms with E-state index in [-0.39, 0.29) is 40.4 Å². The SMILES string of the molecule is CCOC(=O)c1c(NC(=O)c2ccc([N+](=O)[O-])cc2)sc(C(=O)NC2CCCC2)c1C. The maximum atomic E-state index is 12.8. The monoisotopic (exact) mass is 445 g/mol. The van der Waals surface area contributed by atoms with Crippen LogP contribution in [0.4, 0.5) is 10.7 Å². The molecule has 0 saturated heterocycles. The van der Waals surface area contributed by atoms with Crippen molar-refractivity contribution in [2.75, 3.05) is 11.9 Å². The summed E-state index contributed by atoms with van der Waals surface area (Å²) in [5.41, 5.74) is 0.627. The minimum atomic E-state index is -0.629. The van der Waals surface area contributed by atoms with E-state index < -0.39 is 16.8 Å². The number of anilines is 1. The molecule has 0 bridgehead atoms. The number of amides is 2. The Morgan fingerprint density at radius 2 is 1.81 bits per heavy atom. The number of esters is 1. The van der Waals surface area contributed by atoms with Gasteiger partial charge in [-0.3, -0.25) is 19.7 Å². The Labute approximate surface area is 182 Å². The van der Waals surface area contributed by atoms with Gasteiger partial charge in [0, 0.05) is 23.7 Å². The Hall–Kier alpha value is -3.27. The van der Waals surface area contributed by atoms with E-state index >= 15 is 0 Å². The van der Waals surface area contributed by atoms with Crippen LogP contribution in [0.2, 0.25) is 0 Å². The van der Waals surface area contributed by atoms with E-state index in [9.17, 15) is 24.5 Å². The summed E-state index contributed by atoms with van der Waals surface area (Å²) in [7, 11) is 0. The summed E-state index contributed by atoms with van der Waals surface area (Å²) >= 11 is 1.01. The first-order valence-corrected chi connectivity index (χ1v) is 10.8. The van der Waals surface area contributed by atoms with Crippen molar-refractivity contribution in [1.29, 1.82) is 0 Å². The van der Waals surface area contributed by atoms with Crippen LogP contribution in [0.1, 0.15) is 68.6 Å². The molecular weight excluding hydrogens is 422 g/mol. The maximum absolute atomic E-state index is 12.8. The van der Waals surface area contributed by atoms with Crippen molar-refractivity contribution in [1.82, 2.24) is 5.32 Å². The number of thiophene rings is 1. The summed E-state index contributed by atoms with van der Waals surface area (Å²) in [5, 5.41) is 16.6. The van der Waals surface area contributed by atoms with Gasteiger partial charge in [0.05, 0.1) is 22.0 Å². The molecule has 9 nitrogen and oxygen atoms in total. The van der Waals surface area contributed by atoms with E-state index in [0.29, 0.717) is 10.4 Å². The first kappa shape index (κ1) is 22.4. The van der Waals surface area contributed by atoms with Gasteiger partial charge in [-0.15, -0.1) is 11.3 Å². The zero-order valence-electron chi connectivity index (χ0n) is 17.2. The summed E-state index contributed by atoms with van der Waals surface area (Å²) in [6, 6.07) is 5.21. The Bertz CT molecular complexity index is 1010. The number of carbonyl (C=O) groups excluding carboxylic acids is 3. The number of nitrogens with zero attached hydrogens (tertiary/aromatic N) is 1. The summed E-state index contributed by atoms with van der Waals surface area (Å²) in [6.45, 7) is 3.46. The van der Waals surface area contributed by atoms with Crippen LogP contribution in [0.5, 0.6) is 0 Å². The second kappa shape index (κ2) is 9.69. The molecule has 1 aliphatic rings. The van der Waals surface area contributed by atoms with E-state index in [1.807, 2.05) is 0 Å². The molecule has 10 heteroatoms. The molecule has 2 amide bonds. The number of rotatable bonds is 7. The van der Waals surface area contributed by atoms with Gasteiger partial charge < -0.3 is 15.4 Å². The zero-order chi connectivity index (χ0) is 22.5. The minimum Gasteiger partial charge on any atom is -0.462 e. The molecular formula is C21H23N3O6S. The van der Waals surface area contributed by atoms with Crippen molar-refractivity contribution >= 4 is 39.8 Å². The number of hydrogen-bond acceptors (Lipinski definition) is 7. The van der Waals surface area contributed by atoms with E-state index in [2.05, 4.69) is 10.6 Å². The van der Waals surface area contributed by atoms with Gasteiger partial charge in [-0.1, -0.05) is 12.8 Å². The highest BCUT2D eigenvalue weighted by Crippen LogP contribution is 2.34. The van der Waals surface area contributed by atoms with Crippen molar-refractivity contribution in [3.05, 3.63) is 55.9 Å². The van der Waals surface area contributed by atoms with Crippen molar-refractivity contribution in [2.45, 2.75) is 45.6 Å². The highest BCUT2D eigenvalue weighted by Gasteiger charge is 2.28. The molecule has 1 aromatic carbocycles. The topological polar surface area (TPSA) is 128 Å². The van der Waals surface area contributed by atoms with Crippen molar-refractivity contribution in [2.24, 2.45) is 0 Å². The molecule has 1 aliphatic carbocycles. The fourth-order valence-corrected chi connectivity index (χ4v) is 4.59. The number of nitrogens with one attached hydrogen (secondary N) is 2. The first-order chi connectivity index (χ1) is 14.8. The lowest BCUT2D eigenvalue weighted by Gasteiger charge is -2.11. The third kappa shape index (κ3) is 5.08. The number of non-ortho nitro benzene ring substituents is 1. The fourth-order valence-electron chi connectivity index (χ4n) is 3.50. The summed E-state index contributed by atoms with van der Waals surface area (Å²) in [6.07, 6.45) is 3.98. The Kier molecular flexibility index (Phi) is 7.01. The van der Waals surface area contributed by atoms with Crippen molar-refractivity contribution in [3.63, 3.8) is 0 Å². The van der Waals surface area contributed by atoms with Gasteiger partial charge >= 0.3 is 5.97 Å². The third-order valence-electron chi connectivity index (χ3n) is 5.09. The average molecular weight is 445 g/mol. The molecule has 2 aromatic rings. The normalized spacial score (nSPS) is 13.6. The smallest absolute Gasteiger partial charge is 0.341 e. The quantitative estimate of drug-likeness (QED) is 0.376. The Morgan fingerprint density at radius 1 is 1.16 bits per heavy atom. The lowest BCUT2D eigenvalue weighted by atomic mass is 10.1. The third-order valence-corrected chi connectivity index (χ3v) is 6.30. The second-order valence-corrected chi connectivity index (χ2v) is 8.21. The molecule has 31 heavy (non-hydrogen) atoms. The summed E-state index contributed by atoms with van der Waals surface area (Å²) < 4.78 is 5.12. The highest BCUT2D eigenvalue weighted by molar-refractivity contribution is 7.18. The fraction of sp³-hybridized carbons (Fsp3) is 0.381. The molecule has 0 unspecified atom stereocenters. The molecule has 1 fully saturated rings. The van der Waals surface area contributed by atoms with Gasteiger partial charge in [-0.05, 0) is 44.4 Å². The molecule has 0 atom stereocenters. The predicted molar refractivity (Wildman–Crippen MR) is 116 cm³/mol. The highest BCUT2D eigenvalue weighted by atomic mass is 32.1. The van der Waals surface area contributed by atoms with Crippen LogP contribution in [-0.4, -0.2) is 35.4 Å². The van der Waals surface area contributed by atoms with Gasteiger partial charge in [-0.2, -0.15) is 0 Å². The summed E-state index contributed by atoms with van der Waals surface area (Å²) in [5.74, 6) is -1.46. The maximum Gasteiger partial charge on any atom is 0.341 e. The number of ether oxygens (including phenoxy) is 1. The molecule has 0 spiro atoms. The molecule has 164 valence electrons. The van der Waals surface area contributed by atoms with E-state index in [4.69, 9.17) is 4.74 Å². The van der Waals surface area contributed by atoms with E-state index in [1.165, 1.54) is 24.3 Å². The van der Waals surface area contributed by atoms with Gasteiger partial charge in [0.1, 0.15) is 5.00 Å². The molecule has 1 heterocycles. The van der Waals surface area contributed by atoms with E-state index in [0.717, 1.165) is 37.0 Å². The number of hydrogen-bond donors (Lipinski definition) is 2. The average Bonchev–Trinajstić information content (AvgIpc) is 3.35. The van der Waals surface area contributed by atoms with Crippen LogP contribution in [0.3, 0.4) is 0 Å². The van der Waals surface area contributed by atoms with Crippen LogP contribution in [0.15, 0.2) is 24.3 Å². The lowest BCUT2D eigenvalue weighted by Crippen LogP contribution is -2.32. The Morgan fingerprint density at radius 3 is 2.39 bits per heavy atom. The molecule has 2 N–H and O–H groups in total. The van der Waals surface area contributed by atoms with Crippen LogP contribution < -0.4 is 10.6 Å². The second-order valence-electron chi connectivity index (χ2n) is 7.19. The number of nitro groups is 1. The summed E-state index contributed by atoms with van der Waals surface area (Å²) in [4.78, 5) is 48.6. The molecule has 0 aliphatic heterocycles. The molecule has 1 aromatic heterocycles. The van der Waals surface area contributed by atoms with Gasteiger partial charge in [0.2, 0.25) is 0 Å². The predicted octanol–water partition coefficient (Wildman–Crippen LogP) is 4.07. The molecule has 0 radical (unpaired) electrons. The Balaban J connectivity index is 1.88. The van der Waals surface area contributed by atoms with Crippen molar-refractivity contribution in [3.8, 4) is 0 Å². The van der Waals surface area contributed by atoms with Gasteiger partial charge in [0.25, 0.3) is 17.5 Å². The minimum absolute atomic E-state index is 0.109. The first-order valence-electron chi connectivity index (χ1n) is 9.99. The van der Waals surface area contributed by atoms with Crippen LogP contribution >= 0.6 is 11.3 Å². The number of benzene rings is 1.